The number of pyridine rings is 1. The Morgan fingerprint density at radius 1 is 1.09 bits per heavy atom. The van der Waals surface area contributed by atoms with Crippen LogP contribution in [0.5, 0.6) is 0 Å². The van der Waals surface area contributed by atoms with Crippen LogP contribution in [0.15, 0.2) is 54.7 Å². The predicted molar refractivity (Wildman–Crippen MR) is 122 cm³/mol. The van der Waals surface area contributed by atoms with Crippen molar-refractivity contribution in [2.24, 2.45) is 0 Å². The molecular formula is C25H26F3N3O2. The molecule has 0 aliphatic carbocycles. The van der Waals surface area contributed by atoms with Gasteiger partial charge in [-0.3, -0.25) is 4.98 Å². The van der Waals surface area contributed by atoms with E-state index >= 15 is 0 Å². The van der Waals surface area contributed by atoms with Gasteiger partial charge in [-0.05, 0) is 56.1 Å². The first-order chi connectivity index (χ1) is 15.9. The first-order valence-corrected chi connectivity index (χ1v) is 11.1. The van der Waals surface area contributed by atoms with E-state index in [1.165, 1.54) is 31.5 Å². The molecule has 174 valence electrons. The number of ether oxygens (including phenoxy) is 1. The molecule has 1 atom stereocenters. The minimum atomic E-state index is -4.44. The second-order valence-corrected chi connectivity index (χ2v) is 8.18. The SMILES string of the molecule is O=C(OCCC1CCCCCN1)c1ccccc1Nc1ccnc2cc(C(F)(F)F)ccc12. The van der Waals surface area contributed by atoms with E-state index in [1.807, 2.05) is 0 Å². The molecule has 4 rings (SSSR count). The number of nitrogens with zero attached hydrogens (tertiary/aromatic N) is 1. The molecule has 1 aromatic heterocycles. The van der Waals surface area contributed by atoms with Crippen LogP contribution in [-0.4, -0.2) is 30.1 Å². The van der Waals surface area contributed by atoms with Crippen LogP contribution >= 0.6 is 0 Å². The molecule has 0 saturated carbocycles. The van der Waals surface area contributed by atoms with Crippen molar-refractivity contribution in [3.8, 4) is 0 Å². The van der Waals surface area contributed by atoms with Gasteiger partial charge in [0.2, 0.25) is 0 Å². The van der Waals surface area contributed by atoms with Gasteiger partial charge in [0, 0.05) is 23.3 Å². The van der Waals surface area contributed by atoms with Crippen LogP contribution < -0.4 is 10.6 Å². The first-order valence-electron chi connectivity index (χ1n) is 11.1. The summed E-state index contributed by atoms with van der Waals surface area (Å²) in [6.07, 6.45) is 2.43. The van der Waals surface area contributed by atoms with Crippen LogP contribution in [0.1, 0.15) is 48.0 Å². The van der Waals surface area contributed by atoms with Gasteiger partial charge < -0.3 is 15.4 Å². The third-order valence-corrected chi connectivity index (χ3v) is 5.85. The van der Waals surface area contributed by atoms with Crippen LogP contribution in [0.2, 0.25) is 0 Å². The number of benzene rings is 2. The van der Waals surface area contributed by atoms with Crippen molar-refractivity contribution in [1.82, 2.24) is 10.3 Å². The summed E-state index contributed by atoms with van der Waals surface area (Å²) in [6, 6.07) is 12.4. The molecular weight excluding hydrogens is 431 g/mol. The standard InChI is InChI=1S/C25H26F3N3O2/c26-25(27,28)17-9-10-19-22(11-14-30-23(19)16-17)31-21-8-4-3-7-20(21)24(32)33-15-12-18-6-2-1-5-13-29-18/h3-4,7-11,14,16,18,29H,1-2,5-6,12-13,15H2,(H,30,31). The summed E-state index contributed by atoms with van der Waals surface area (Å²) in [6.45, 7) is 1.32. The Hall–Kier alpha value is -3.13. The Morgan fingerprint density at radius 3 is 2.79 bits per heavy atom. The molecule has 1 aliphatic rings. The summed E-state index contributed by atoms with van der Waals surface area (Å²) in [4.78, 5) is 16.8. The summed E-state index contributed by atoms with van der Waals surface area (Å²) in [5, 5.41) is 7.18. The maximum Gasteiger partial charge on any atom is 0.416 e. The van der Waals surface area contributed by atoms with Gasteiger partial charge in [-0.15, -0.1) is 0 Å². The predicted octanol–water partition coefficient (Wildman–Crippen LogP) is 6.08. The Kier molecular flexibility index (Phi) is 7.13. The number of hydrogen-bond acceptors (Lipinski definition) is 5. The summed E-state index contributed by atoms with van der Waals surface area (Å²) in [5.74, 6) is -0.440. The number of para-hydroxylation sites is 1. The minimum absolute atomic E-state index is 0.214. The van der Waals surface area contributed by atoms with E-state index in [2.05, 4.69) is 15.6 Å². The molecule has 0 radical (unpaired) electrons. The van der Waals surface area contributed by atoms with E-state index in [9.17, 15) is 18.0 Å². The maximum absolute atomic E-state index is 13.0. The van der Waals surface area contributed by atoms with E-state index in [-0.39, 0.29) is 5.52 Å². The summed E-state index contributed by atoms with van der Waals surface area (Å²) in [7, 11) is 0. The van der Waals surface area contributed by atoms with Crippen LogP contribution in [-0.2, 0) is 10.9 Å². The monoisotopic (exact) mass is 457 g/mol. The lowest BCUT2D eigenvalue weighted by molar-refractivity contribution is -0.137. The van der Waals surface area contributed by atoms with E-state index in [1.54, 1.807) is 30.3 Å². The van der Waals surface area contributed by atoms with Crippen molar-refractivity contribution in [2.45, 2.75) is 44.3 Å². The highest BCUT2D eigenvalue weighted by Gasteiger charge is 2.30. The molecule has 2 N–H and O–H groups in total. The molecule has 1 fully saturated rings. The third kappa shape index (κ3) is 5.82. The molecule has 1 saturated heterocycles. The fourth-order valence-electron chi connectivity index (χ4n) is 4.07. The van der Waals surface area contributed by atoms with E-state index < -0.39 is 17.7 Å². The number of carbonyl (C=O) groups is 1. The number of hydrogen-bond donors (Lipinski definition) is 2. The van der Waals surface area contributed by atoms with Crippen molar-refractivity contribution >= 4 is 28.2 Å². The summed E-state index contributed by atoms with van der Waals surface area (Å²) >= 11 is 0. The zero-order chi connectivity index (χ0) is 23.3. The molecule has 5 nitrogen and oxygen atoms in total. The molecule has 0 bridgehead atoms. The number of alkyl halides is 3. The Bertz CT molecular complexity index is 1110. The highest BCUT2D eigenvalue weighted by molar-refractivity contribution is 5.99. The number of anilines is 2. The summed E-state index contributed by atoms with van der Waals surface area (Å²) < 4.78 is 44.7. The number of esters is 1. The molecule has 0 spiro atoms. The Labute approximate surface area is 190 Å². The lowest BCUT2D eigenvalue weighted by atomic mass is 10.1. The quantitative estimate of drug-likeness (QED) is 0.440. The second-order valence-electron chi connectivity index (χ2n) is 8.18. The van der Waals surface area contributed by atoms with Gasteiger partial charge in [0.1, 0.15) is 0 Å². The largest absolute Gasteiger partial charge is 0.462 e. The van der Waals surface area contributed by atoms with Crippen molar-refractivity contribution in [2.75, 3.05) is 18.5 Å². The van der Waals surface area contributed by atoms with Gasteiger partial charge in [0.25, 0.3) is 0 Å². The number of aromatic nitrogens is 1. The Morgan fingerprint density at radius 2 is 1.94 bits per heavy atom. The highest BCUT2D eigenvalue weighted by Crippen LogP contribution is 2.33. The number of nitrogens with one attached hydrogen (secondary N) is 2. The highest BCUT2D eigenvalue weighted by atomic mass is 19.4. The number of fused-ring (bicyclic) bond motifs is 1. The number of halogens is 3. The molecule has 0 amide bonds. The zero-order valence-corrected chi connectivity index (χ0v) is 18.1. The fraction of sp³-hybridized carbons (Fsp3) is 0.360. The van der Waals surface area contributed by atoms with Gasteiger partial charge >= 0.3 is 12.1 Å². The van der Waals surface area contributed by atoms with Crippen LogP contribution in [0.3, 0.4) is 0 Å². The lowest BCUT2D eigenvalue weighted by Gasteiger charge is -2.16. The molecule has 1 aliphatic heterocycles. The molecule has 2 aromatic carbocycles. The average Bonchev–Trinajstić information content (AvgIpc) is 3.07. The number of rotatable bonds is 6. The normalized spacial score (nSPS) is 16.9. The van der Waals surface area contributed by atoms with E-state index in [0.717, 1.165) is 31.5 Å². The van der Waals surface area contributed by atoms with Crippen LogP contribution in [0.25, 0.3) is 10.9 Å². The van der Waals surface area contributed by atoms with Gasteiger partial charge in [0.15, 0.2) is 0 Å². The van der Waals surface area contributed by atoms with Gasteiger partial charge in [-0.1, -0.05) is 31.0 Å². The number of carbonyl (C=O) groups excluding carboxylic acids is 1. The van der Waals surface area contributed by atoms with E-state index in [0.29, 0.717) is 35.0 Å². The maximum atomic E-state index is 13.0. The average molecular weight is 457 g/mol. The van der Waals surface area contributed by atoms with Crippen LogP contribution in [0.4, 0.5) is 24.5 Å². The molecule has 8 heteroatoms. The molecule has 2 heterocycles. The van der Waals surface area contributed by atoms with Crippen molar-refractivity contribution in [3.63, 3.8) is 0 Å². The van der Waals surface area contributed by atoms with E-state index in [4.69, 9.17) is 4.74 Å². The zero-order valence-electron chi connectivity index (χ0n) is 18.1. The topological polar surface area (TPSA) is 63.2 Å². The first kappa shape index (κ1) is 23.0. The van der Waals surface area contributed by atoms with Gasteiger partial charge in [-0.2, -0.15) is 13.2 Å². The fourth-order valence-corrected chi connectivity index (χ4v) is 4.07. The third-order valence-electron chi connectivity index (χ3n) is 5.85. The Balaban J connectivity index is 1.48. The van der Waals surface area contributed by atoms with Gasteiger partial charge in [0.05, 0.1) is 28.9 Å². The minimum Gasteiger partial charge on any atom is -0.462 e. The molecule has 1 unspecified atom stereocenters. The van der Waals surface area contributed by atoms with Crippen molar-refractivity contribution < 1.29 is 22.7 Å². The van der Waals surface area contributed by atoms with Crippen LogP contribution in [0, 0.1) is 0 Å². The second kappa shape index (κ2) is 10.2. The molecule has 3 aromatic rings. The van der Waals surface area contributed by atoms with Gasteiger partial charge in [-0.25, -0.2) is 4.79 Å². The van der Waals surface area contributed by atoms with Crippen molar-refractivity contribution in [3.05, 3.63) is 65.9 Å². The van der Waals surface area contributed by atoms with Crippen molar-refractivity contribution in [1.29, 1.82) is 0 Å². The molecule has 33 heavy (non-hydrogen) atoms. The lowest BCUT2D eigenvalue weighted by Crippen LogP contribution is -2.29. The smallest absolute Gasteiger partial charge is 0.416 e. The summed E-state index contributed by atoms with van der Waals surface area (Å²) in [5.41, 5.74) is 0.889.